The summed E-state index contributed by atoms with van der Waals surface area (Å²) in [6, 6.07) is 12.4. The molecule has 1 amide bonds. The molecule has 2 aromatic carbocycles. The first-order chi connectivity index (χ1) is 11.1. The van der Waals surface area contributed by atoms with Gasteiger partial charge < -0.3 is 15.1 Å². The topological polar surface area (TPSA) is 59.5 Å². The molecule has 2 heterocycles. The highest BCUT2D eigenvalue weighted by molar-refractivity contribution is 6.08. The maximum atomic E-state index is 12.8. The SMILES string of the molecule is Cc1c(C(=O)N2CCC(N)CC2)oc2c1ccc1ccccc12.Cl. The lowest BCUT2D eigenvalue weighted by atomic mass is 10.0. The Kier molecular flexibility index (Phi) is 4.52. The molecule has 0 aliphatic carbocycles. The number of aryl methyl sites for hydroxylation is 1. The van der Waals surface area contributed by atoms with Crippen LogP contribution < -0.4 is 5.73 Å². The van der Waals surface area contributed by atoms with E-state index in [0.717, 1.165) is 40.1 Å². The summed E-state index contributed by atoms with van der Waals surface area (Å²) >= 11 is 0. The second-order valence-corrected chi connectivity index (χ2v) is 6.35. The molecule has 24 heavy (non-hydrogen) atoms. The Labute approximate surface area is 147 Å². The minimum Gasteiger partial charge on any atom is -0.450 e. The molecule has 3 aromatic rings. The molecule has 5 heteroatoms. The molecule has 126 valence electrons. The second kappa shape index (κ2) is 6.46. The van der Waals surface area contributed by atoms with Gasteiger partial charge in [-0.25, -0.2) is 0 Å². The number of benzene rings is 2. The summed E-state index contributed by atoms with van der Waals surface area (Å²) in [5.74, 6) is 0.446. The quantitative estimate of drug-likeness (QED) is 0.728. The fourth-order valence-corrected chi connectivity index (χ4v) is 3.40. The molecule has 1 aliphatic rings. The first-order valence-corrected chi connectivity index (χ1v) is 8.11. The van der Waals surface area contributed by atoms with Crippen LogP contribution in [0.15, 0.2) is 40.8 Å². The smallest absolute Gasteiger partial charge is 0.289 e. The molecule has 4 nitrogen and oxygen atoms in total. The highest BCUT2D eigenvalue weighted by Gasteiger charge is 2.26. The van der Waals surface area contributed by atoms with Crippen LogP contribution >= 0.6 is 12.4 Å². The zero-order chi connectivity index (χ0) is 16.0. The highest BCUT2D eigenvalue weighted by Crippen LogP contribution is 2.32. The molecule has 0 bridgehead atoms. The average Bonchev–Trinajstić information content (AvgIpc) is 2.92. The molecule has 1 saturated heterocycles. The predicted octanol–water partition coefficient (Wildman–Crippen LogP) is 3.88. The third-order valence-corrected chi connectivity index (χ3v) is 4.85. The number of carbonyl (C=O) groups is 1. The van der Waals surface area contributed by atoms with Gasteiger partial charge in [-0.2, -0.15) is 0 Å². The molecule has 1 aromatic heterocycles. The summed E-state index contributed by atoms with van der Waals surface area (Å²) in [5, 5.41) is 3.19. The van der Waals surface area contributed by atoms with Crippen LogP contribution in [-0.2, 0) is 0 Å². The molecule has 0 atom stereocenters. The molecule has 0 radical (unpaired) electrons. The molecule has 4 rings (SSSR count). The summed E-state index contributed by atoms with van der Waals surface area (Å²) in [7, 11) is 0. The normalized spacial score (nSPS) is 15.7. The van der Waals surface area contributed by atoms with Crippen molar-refractivity contribution < 1.29 is 9.21 Å². The average molecular weight is 345 g/mol. The molecule has 2 N–H and O–H groups in total. The van der Waals surface area contributed by atoms with E-state index in [9.17, 15) is 4.79 Å². The van der Waals surface area contributed by atoms with E-state index in [2.05, 4.69) is 12.1 Å². The third kappa shape index (κ3) is 2.66. The van der Waals surface area contributed by atoms with Crippen molar-refractivity contribution in [1.82, 2.24) is 4.90 Å². The van der Waals surface area contributed by atoms with Gasteiger partial charge in [0.15, 0.2) is 5.76 Å². The largest absolute Gasteiger partial charge is 0.450 e. The Morgan fingerprint density at radius 2 is 1.83 bits per heavy atom. The van der Waals surface area contributed by atoms with E-state index in [4.69, 9.17) is 10.2 Å². The molecule has 0 saturated carbocycles. The zero-order valence-electron chi connectivity index (χ0n) is 13.6. The summed E-state index contributed by atoms with van der Waals surface area (Å²) in [4.78, 5) is 14.7. The molecular weight excluding hydrogens is 324 g/mol. The highest BCUT2D eigenvalue weighted by atomic mass is 35.5. The van der Waals surface area contributed by atoms with E-state index < -0.39 is 0 Å². The minimum absolute atomic E-state index is 0. The number of hydrogen-bond donors (Lipinski definition) is 1. The number of carbonyl (C=O) groups excluding carboxylic acids is 1. The summed E-state index contributed by atoms with van der Waals surface area (Å²) in [6.07, 6.45) is 1.71. The zero-order valence-corrected chi connectivity index (χ0v) is 14.4. The van der Waals surface area contributed by atoms with Crippen molar-refractivity contribution in [1.29, 1.82) is 0 Å². The van der Waals surface area contributed by atoms with Crippen molar-refractivity contribution in [3.63, 3.8) is 0 Å². The standard InChI is InChI=1S/C19H20N2O2.ClH/c1-12-15-7-6-13-4-2-3-5-16(13)18(15)23-17(12)19(22)21-10-8-14(20)9-11-21;/h2-7,14H,8-11,20H2,1H3;1H. The van der Waals surface area contributed by atoms with E-state index in [1.807, 2.05) is 36.1 Å². The van der Waals surface area contributed by atoms with Crippen molar-refractivity contribution in [3.8, 4) is 0 Å². The lowest BCUT2D eigenvalue weighted by Gasteiger charge is -2.29. The van der Waals surface area contributed by atoms with Crippen molar-refractivity contribution >= 4 is 40.1 Å². The molecule has 1 fully saturated rings. The number of nitrogens with two attached hydrogens (primary N) is 1. The van der Waals surface area contributed by atoms with E-state index in [1.165, 1.54) is 0 Å². The van der Waals surface area contributed by atoms with Crippen LogP contribution in [0.5, 0.6) is 0 Å². The van der Waals surface area contributed by atoms with E-state index >= 15 is 0 Å². The van der Waals surface area contributed by atoms with Gasteiger partial charge >= 0.3 is 0 Å². The number of furan rings is 1. The number of rotatable bonds is 1. The van der Waals surface area contributed by atoms with Gasteiger partial charge in [0.25, 0.3) is 5.91 Å². The minimum atomic E-state index is -0.0188. The Morgan fingerprint density at radius 3 is 2.58 bits per heavy atom. The van der Waals surface area contributed by atoms with Crippen LogP contribution in [0.2, 0.25) is 0 Å². The molecule has 1 aliphatic heterocycles. The molecule has 0 spiro atoms. The van der Waals surface area contributed by atoms with Crippen LogP contribution in [-0.4, -0.2) is 29.9 Å². The first kappa shape index (κ1) is 16.8. The third-order valence-electron chi connectivity index (χ3n) is 4.85. The fourth-order valence-electron chi connectivity index (χ4n) is 3.40. The summed E-state index contributed by atoms with van der Waals surface area (Å²) in [6.45, 7) is 3.37. The number of nitrogens with zero attached hydrogens (tertiary/aromatic N) is 1. The van der Waals surface area contributed by atoms with Gasteiger partial charge in [-0.3, -0.25) is 4.79 Å². The molecular formula is C19H21ClN2O2. The van der Waals surface area contributed by atoms with Gasteiger partial charge in [0, 0.05) is 35.5 Å². The van der Waals surface area contributed by atoms with Crippen molar-refractivity contribution in [3.05, 3.63) is 47.7 Å². The van der Waals surface area contributed by atoms with Crippen LogP contribution in [0.1, 0.15) is 29.0 Å². The summed E-state index contributed by atoms with van der Waals surface area (Å²) < 4.78 is 6.03. The van der Waals surface area contributed by atoms with Crippen molar-refractivity contribution in [2.75, 3.05) is 13.1 Å². The van der Waals surface area contributed by atoms with Crippen LogP contribution in [0.25, 0.3) is 21.7 Å². The van der Waals surface area contributed by atoms with E-state index in [1.54, 1.807) is 0 Å². The summed E-state index contributed by atoms with van der Waals surface area (Å²) in [5.41, 5.74) is 7.65. The van der Waals surface area contributed by atoms with Crippen LogP contribution in [0.3, 0.4) is 0 Å². The monoisotopic (exact) mass is 344 g/mol. The first-order valence-electron chi connectivity index (χ1n) is 8.11. The second-order valence-electron chi connectivity index (χ2n) is 6.35. The van der Waals surface area contributed by atoms with E-state index in [-0.39, 0.29) is 24.4 Å². The number of halogens is 1. The van der Waals surface area contributed by atoms with Gasteiger partial charge in [0.1, 0.15) is 5.58 Å². The van der Waals surface area contributed by atoms with Crippen molar-refractivity contribution in [2.24, 2.45) is 5.73 Å². The predicted molar refractivity (Wildman–Crippen MR) is 98.8 cm³/mol. The van der Waals surface area contributed by atoms with Gasteiger partial charge in [-0.1, -0.05) is 36.4 Å². The van der Waals surface area contributed by atoms with Crippen LogP contribution in [0, 0.1) is 6.92 Å². The number of fused-ring (bicyclic) bond motifs is 3. The maximum Gasteiger partial charge on any atom is 0.289 e. The number of amides is 1. The van der Waals surface area contributed by atoms with Gasteiger partial charge in [-0.15, -0.1) is 12.4 Å². The Bertz CT molecular complexity index is 895. The molecule has 0 unspecified atom stereocenters. The lowest BCUT2D eigenvalue weighted by molar-refractivity contribution is 0.0684. The Balaban J connectivity index is 0.00000169. The number of hydrogen-bond acceptors (Lipinski definition) is 3. The lowest BCUT2D eigenvalue weighted by Crippen LogP contribution is -2.42. The maximum absolute atomic E-state index is 12.8. The van der Waals surface area contributed by atoms with Gasteiger partial charge in [-0.05, 0) is 25.2 Å². The number of piperidine rings is 1. The van der Waals surface area contributed by atoms with Crippen LogP contribution in [0.4, 0.5) is 0 Å². The fraction of sp³-hybridized carbons (Fsp3) is 0.316. The van der Waals surface area contributed by atoms with Crippen molar-refractivity contribution in [2.45, 2.75) is 25.8 Å². The van der Waals surface area contributed by atoms with E-state index in [0.29, 0.717) is 18.8 Å². The van der Waals surface area contributed by atoms with Gasteiger partial charge in [0.2, 0.25) is 0 Å². The Morgan fingerprint density at radius 1 is 1.12 bits per heavy atom. The number of likely N-dealkylation sites (tertiary alicyclic amines) is 1. The Hall–Kier alpha value is -2.04. The van der Waals surface area contributed by atoms with Gasteiger partial charge in [0.05, 0.1) is 0 Å².